The molecule has 0 aliphatic carbocycles. The third-order valence-corrected chi connectivity index (χ3v) is 2.92. The number of hydrogen-bond acceptors (Lipinski definition) is 2. The van der Waals surface area contributed by atoms with Crippen molar-refractivity contribution in [1.82, 2.24) is 5.32 Å². The normalized spacial score (nSPS) is 10.4. The van der Waals surface area contributed by atoms with Crippen molar-refractivity contribution in [1.29, 1.82) is 0 Å². The van der Waals surface area contributed by atoms with E-state index in [9.17, 15) is 13.6 Å². The fourth-order valence-electron chi connectivity index (χ4n) is 1.86. The standard InChI is InChI=1S/C16H16F2N2O/c17-14-7-6-13(10-15(14)18)20-16(21)11-19-9-8-12-4-2-1-3-5-12/h1-7,10,19H,8-9,11H2,(H,20,21). The average molecular weight is 290 g/mol. The van der Waals surface area contributed by atoms with Gasteiger partial charge in [-0.05, 0) is 30.7 Å². The predicted octanol–water partition coefficient (Wildman–Crippen LogP) is 2.74. The van der Waals surface area contributed by atoms with E-state index < -0.39 is 11.6 Å². The lowest BCUT2D eigenvalue weighted by Crippen LogP contribution is -2.29. The molecule has 21 heavy (non-hydrogen) atoms. The summed E-state index contributed by atoms with van der Waals surface area (Å²) >= 11 is 0. The molecule has 110 valence electrons. The Balaban J connectivity index is 1.71. The van der Waals surface area contributed by atoms with E-state index in [2.05, 4.69) is 10.6 Å². The minimum atomic E-state index is -0.982. The molecular formula is C16H16F2N2O. The number of amides is 1. The molecule has 0 spiro atoms. The van der Waals surface area contributed by atoms with Crippen molar-refractivity contribution in [3.8, 4) is 0 Å². The summed E-state index contributed by atoms with van der Waals surface area (Å²) in [7, 11) is 0. The van der Waals surface area contributed by atoms with E-state index in [0.717, 1.165) is 18.6 Å². The van der Waals surface area contributed by atoms with Crippen molar-refractivity contribution in [2.24, 2.45) is 0 Å². The van der Waals surface area contributed by atoms with Crippen LogP contribution in [-0.4, -0.2) is 19.0 Å². The van der Waals surface area contributed by atoms with Crippen LogP contribution in [0.25, 0.3) is 0 Å². The maximum atomic E-state index is 13.0. The van der Waals surface area contributed by atoms with Crippen LogP contribution in [0.2, 0.25) is 0 Å². The first-order valence-corrected chi connectivity index (χ1v) is 6.65. The molecule has 5 heteroatoms. The van der Waals surface area contributed by atoms with Gasteiger partial charge in [-0.2, -0.15) is 0 Å². The lowest BCUT2D eigenvalue weighted by Gasteiger charge is -2.07. The topological polar surface area (TPSA) is 41.1 Å². The van der Waals surface area contributed by atoms with Crippen LogP contribution in [0, 0.1) is 11.6 Å². The lowest BCUT2D eigenvalue weighted by atomic mass is 10.1. The van der Waals surface area contributed by atoms with Gasteiger partial charge >= 0.3 is 0 Å². The Hall–Kier alpha value is -2.27. The quantitative estimate of drug-likeness (QED) is 0.803. The molecule has 0 aromatic heterocycles. The summed E-state index contributed by atoms with van der Waals surface area (Å²) in [6.45, 7) is 0.779. The molecule has 0 atom stereocenters. The largest absolute Gasteiger partial charge is 0.325 e. The van der Waals surface area contributed by atoms with Gasteiger partial charge in [0, 0.05) is 11.8 Å². The molecule has 0 saturated heterocycles. The maximum Gasteiger partial charge on any atom is 0.238 e. The van der Waals surface area contributed by atoms with Crippen LogP contribution in [0.3, 0.4) is 0 Å². The first-order chi connectivity index (χ1) is 10.1. The maximum absolute atomic E-state index is 13.0. The highest BCUT2D eigenvalue weighted by Gasteiger charge is 2.05. The highest BCUT2D eigenvalue weighted by atomic mass is 19.2. The number of rotatable bonds is 6. The van der Waals surface area contributed by atoms with Gasteiger partial charge in [-0.25, -0.2) is 8.78 Å². The molecule has 0 aliphatic rings. The summed E-state index contributed by atoms with van der Waals surface area (Å²) in [5, 5.41) is 5.50. The van der Waals surface area contributed by atoms with Crippen LogP contribution >= 0.6 is 0 Å². The molecule has 2 aromatic carbocycles. The summed E-state index contributed by atoms with van der Waals surface area (Å²) in [4.78, 5) is 11.6. The van der Waals surface area contributed by atoms with E-state index in [-0.39, 0.29) is 18.1 Å². The van der Waals surface area contributed by atoms with Gasteiger partial charge in [-0.3, -0.25) is 4.79 Å². The molecule has 0 heterocycles. The van der Waals surface area contributed by atoms with Gasteiger partial charge < -0.3 is 10.6 Å². The molecular weight excluding hydrogens is 274 g/mol. The van der Waals surface area contributed by atoms with Crippen LogP contribution in [0.5, 0.6) is 0 Å². The van der Waals surface area contributed by atoms with Crippen LogP contribution in [-0.2, 0) is 11.2 Å². The zero-order chi connectivity index (χ0) is 15.1. The third-order valence-electron chi connectivity index (χ3n) is 2.92. The molecule has 0 fully saturated rings. The van der Waals surface area contributed by atoms with E-state index in [1.165, 1.54) is 11.6 Å². The fourth-order valence-corrected chi connectivity index (χ4v) is 1.86. The Kier molecular flexibility index (Phi) is 5.40. The second kappa shape index (κ2) is 7.50. The number of nitrogens with one attached hydrogen (secondary N) is 2. The summed E-state index contributed by atoms with van der Waals surface area (Å²) in [5.41, 5.74) is 1.43. The monoisotopic (exact) mass is 290 g/mol. The second-order valence-corrected chi connectivity index (χ2v) is 4.59. The van der Waals surface area contributed by atoms with E-state index in [4.69, 9.17) is 0 Å². The van der Waals surface area contributed by atoms with Gasteiger partial charge in [-0.1, -0.05) is 30.3 Å². The number of anilines is 1. The molecule has 0 unspecified atom stereocenters. The van der Waals surface area contributed by atoms with Crippen molar-refractivity contribution in [3.63, 3.8) is 0 Å². The molecule has 2 rings (SSSR count). The molecule has 0 bridgehead atoms. The highest BCUT2D eigenvalue weighted by Crippen LogP contribution is 2.12. The molecule has 0 aliphatic heterocycles. The van der Waals surface area contributed by atoms with Gasteiger partial charge in [0.2, 0.25) is 5.91 Å². The van der Waals surface area contributed by atoms with Crippen molar-refractivity contribution in [3.05, 3.63) is 65.7 Å². The summed E-state index contributed by atoms with van der Waals surface area (Å²) in [6, 6.07) is 13.2. The molecule has 2 N–H and O–H groups in total. The van der Waals surface area contributed by atoms with Gasteiger partial charge in [0.25, 0.3) is 0 Å². The van der Waals surface area contributed by atoms with E-state index in [0.29, 0.717) is 6.54 Å². The minimum absolute atomic E-state index is 0.117. The van der Waals surface area contributed by atoms with Gasteiger partial charge in [-0.15, -0.1) is 0 Å². The van der Waals surface area contributed by atoms with Crippen molar-refractivity contribution >= 4 is 11.6 Å². The van der Waals surface area contributed by atoms with Crippen molar-refractivity contribution in [2.75, 3.05) is 18.4 Å². The second-order valence-electron chi connectivity index (χ2n) is 4.59. The Morgan fingerprint density at radius 2 is 1.76 bits per heavy atom. The zero-order valence-electron chi connectivity index (χ0n) is 11.4. The third kappa shape index (κ3) is 4.96. The Morgan fingerprint density at radius 1 is 1.00 bits per heavy atom. The SMILES string of the molecule is O=C(CNCCc1ccccc1)Nc1ccc(F)c(F)c1. The van der Waals surface area contributed by atoms with Gasteiger partial charge in [0.1, 0.15) is 0 Å². The van der Waals surface area contributed by atoms with Crippen molar-refractivity contribution in [2.45, 2.75) is 6.42 Å². The van der Waals surface area contributed by atoms with Crippen LogP contribution in [0.4, 0.5) is 14.5 Å². The Labute approximate surface area is 122 Å². The fraction of sp³-hybridized carbons (Fsp3) is 0.188. The van der Waals surface area contributed by atoms with Gasteiger partial charge in [0.15, 0.2) is 11.6 Å². The van der Waals surface area contributed by atoms with Gasteiger partial charge in [0.05, 0.1) is 6.54 Å². The number of carbonyl (C=O) groups excluding carboxylic acids is 1. The number of halogens is 2. The number of benzene rings is 2. The first kappa shape index (κ1) is 15.1. The van der Waals surface area contributed by atoms with E-state index in [1.807, 2.05) is 30.3 Å². The smallest absolute Gasteiger partial charge is 0.238 e. The van der Waals surface area contributed by atoms with Crippen LogP contribution in [0.1, 0.15) is 5.56 Å². The average Bonchev–Trinajstić information content (AvgIpc) is 2.49. The number of carbonyl (C=O) groups is 1. The van der Waals surface area contributed by atoms with Crippen LogP contribution < -0.4 is 10.6 Å². The zero-order valence-corrected chi connectivity index (χ0v) is 11.4. The molecule has 3 nitrogen and oxygen atoms in total. The minimum Gasteiger partial charge on any atom is -0.325 e. The predicted molar refractivity (Wildman–Crippen MR) is 78.0 cm³/mol. The van der Waals surface area contributed by atoms with E-state index in [1.54, 1.807) is 0 Å². The van der Waals surface area contributed by atoms with E-state index >= 15 is 0 Å². The van der Waals surface area contributed by atoms with Crippen molar-refractivity contribution < 1.29 is 13.6 Å². The summed E-state index contributed by atoms with van der Waals surface area (Å²) in [5.74, 6) is -2.21. The lowest BCUT2D eigenvalue weighted by molar-refractivity contribution is -0.115. The first-order valence-electron chi connectivity index (χ1n) is 6.65. The molecule has 2 aromatic rings. The highest BCUT2D eigenvalue weighted by molar-refractivity contribution is 5.92. The molecule has 1 amide bonds. The summed E-state index contributed by atoms with van der Waals surface area (Å²) in [6.07, 6.45) is 0.819. The molecule has 0 saturated carbocycles. The number of hydrogen-bond donors (Lipinski definition) is 2. The summed E-state index contributed by atoms with van der Waals surface area (Å²) < 4.78 is 25.7. The Bertz CT molecular complexity index is 602. The van der Waals surface area contributed by atoms with Crippen LogP contribution in [0.15, 0.2) is 48.5 Å². The molecule has 0 radical (unpaired) electrons. The Morgan fingerprint density at radius 3 is 2.48 bits per heavy atom.